The van der Waals surface area contributed by atoms with E-state index >= 15 is 0 Å². The third kappa shape index (κ3) is 1.53. The Kier molecular flexibility index (Phi) is 2.35. The average Bonchev–Trinajstić information content (AvgIpc) is 2.65. The number of fused-ring (bicyclic) bond motifs is 2. The number of carbonyl (C=O) groups excluding carboxylic acids is 1. The summed E-state index contributed by atoms with van der Waals surface area (Å²) in [5.41, 5.74) is 1.92. The van der Waals surface area contributed by atoms with E-state index in [1.807, 2.05) is 24.3 Å². The van der Waals surface area contributed by atoms with Crippen molar-refractivity contribution in [3.63, 3.8) is 0 Å². The lowest BCUT2D eigenvalue weighted by Crippen LogP contribution is -2.41. The van der Waals surface area contributed by atoms with E-state index < -0.39 is 0 Å². The number of amides is 1. The second-order valence-electron chi connectivity index (χ2n) is 5.23. The molecular formula is C14H18N2O. The van der Waals surface area contributed by atoms with Crippen LogP contribution in [0.4, 0.5) is 5.69 Å². The van der Waals surface area contributed by atoms with Crippen molar-refractivity contribution in [2.75, 3.05) is 25.0 Å². The molecule has 3 nitrogen and oxygen atoms in total. The first-order chi connectivity index (χ1) is 8.18. The average molecular weight is 230 g/mol. The predicted octanol–water partition coefficient (Wildman–Crippen LogP) is 1.99. The van der Waals surface area contributed by atoms with Gasteiger partial charge in [-0.1, -0.05) is 19.1 Å². The summed E-state index contributed by atoms with van der Waals surface area (Å²) in [6.45, 7) is 4.11. The number of anilines is 1. The van der Waals surface area contributed by atoms with E-state index in [4.69, 9.17) is 0 Å². The quantitative estimate of drug-likeness (QED) is 0.680. The van der Waals surface area contributed by atoms with Crippen LogP contribution in [0.5, 0.6) is 0 Å². The van der Waals surface area contributed by atoms with Crippen LogP contribution in [0.2, 0.25) is 0 Å². The van der Waals surface area contributed by atoms with Crippen molar-refractivity contribution in [3.8, 4) is 0 Å². The second-order valence-corrected chi connectivity index (χ2v) is 5.23. The van der Waals surface area contributed by atoms with Crippen molar-refractivity contribution in [1.29, 1.82) is 0 Å². The first-order valence-electron chi connectivity index (χ1n) is 6.29. The Labute approximate surface area is 102 Å². The first-order valence-corrected chi connectivity index (χ1v) is 6.29. The Balaban J connectivity index is 2.08. The molecule has 1 saturated heterocycles. The summed E-state index contributed by atoms with van der Waals surface area (Å²) in [6, 6.07) is 8.31. The molecule has 0 radical (unpaired) electrons. The van der Waals surface area contributed by atoms with Crippen LogP contribution in [-0.2, 0) is 0 Å². The molecule has 1 amide bonds. The maximum absolute atomic E-state index is 12.5. The number of hydrogen-bond donors (Lipinski definition) is 0. The smallest absolute Gasteiger partial charge is 0.256 e. The van der Waals surface area contributed by atoms with Gasteiger partial charge in [-0.15, -0.1) is 0 Å². The van der Waals surface area contributed by atoms with Crippen LogP contribution < -0.4 is 4.90 Å². The van der Waals surface area contributed by atoms with Crippen molar-refractivity contribution in [3.05, 3.63) is 29.8 Å². The summed E-state index contributed by atoms with van der Waals surface area (Å²) < 4.78 is 0. The van der Waals surface area contributed by atoms with Crippen LogP contribution in [0.25, 0.3) is 0 Å². The molecule has 3 heteroatoms. The fraction of sp³-hybridized carbons (Fsp3) is 0.500. The van der Waals surface area contributed by atoms with E-state index in [0.717, 1.165) is 30.8 Å². The van der Waals surface area contributed by atoms with Gasteiger partial charge in [0.25, 0.3) is 5.91 Å². The molecule has 0 aromatic heterocycles. The van der Waals surface area contributed by atoms with E-state index in [0.29, 0.717) is 12.0 Å². The SMILES string of the molecule is CC1CCN2C(=O)c3ccccc3N(C)CC12. The Morgan fingerprint density at radius 3 is 2.88 bits per heavy atom. The molecule has 2 aliphatic rings. The highest BCUT2D eigenvalue weighted by molar-refractivity contribution is 6.00. The minimum atomic E-state index is 0.208. The van der Waals surface area contributed by atoms with Crippen molar-refractivity contribution >= 4 is 11.6 Å². The molecule has 1 aromatic carbocycles. The van der Waals surface area contributed by atoms with Crippen LogP contribution in [0, 0.1) is 5.92 Å². The van der Waals surface area contributed by atoms with Gasteiger partial charge in [0.1, 0.15) is 0 Å². The zero-order valence-corrected chi connectivity index (χ0v) is 10.4. The lowest BCUT2D eigenvalue weighted by Gasteiger charge is -2.27. The number of para-hydroxylation sites is 1. The summed E-state index contributed by atoms with van der Waals surface area (Å²) >= 11 is 0. The highest BCUT2D eigenvalue weighted by Gasteiger charge is 2.38. The molecule has 0 spiro atoms. The van der Waals surface area contributed by atoms with E-state index in [-0.39, 0.29) is 5.91 Å². The maximum Gasteiger partial charge on any atom is 0.256 e. The fourth-order valence-electron chi connectivity index (χ4n) is 3.06. The third-order valence-corrected chi connectivity index (χ3v) is 4.15. The molecule has 0 aliphatic carbocycles. The van der Waals surface area contributed by atoms with Crippen LogP contribution in [-0.4, -0.2) is 37.0 Å². The van der Waals surface area contributed by atoms with Crippen molar-refractivity contribution in [1.82, 2.24) is 4.90 Å². The first kappa shape index (κ1) is 10.6. The summed E-state index contributed by atoms with van der Waals surface area (Å²) in [5, 5.41) is 0. The molecule has 0 saturated carbocycles. The van der Waals surface area contributed by atoms with E-state index in [1.54, 1.807) is 0 Å². The van der Waals surface area contributed by atoms with Gasteiger partial charge in [-0.2, -0.15) is 0 Å². The number of rotatable bonds is 0. The molecule has 90 valence electrons. The number of benzene rings is 1. The van der Waals surface area contributed by atoms with Gasteiger partial charge in [0.05, 0.1) is 11.6 Å². The van der Waals surface area contributed by atoms with Gasteiger partial charge in [-0.25, -0.2) is 0 Å². The van der Waals surface area contributed by atoms with Crippen molar-refractivity contribution < 1.29 is 4.79 Å². The third-order valence-electron chi connectivity index (χ3n) is 4.15. The van der Waals surface area contributed by atoms with E-state index in [9.17, 15) is 4.79 Å². The van der Waals surface area contributed by atoms with Gasteiger partial charge in [-0.3, -0.25) is 4.79 Å². The molecular weight excluding hydrogens is 212 g/mol. The summed E-state index contributed by atoms with van der Waals surface area (Å²) in [6.07, 6.45) is 1.13. The molecule has 0 bridgehead atoms. The van der Waals surface area contributed by atoms with E-state index in [2.05, 4.69) is 23.8 Å². The summed E-state index contributed by atoms with van der Waals surface area (Å²) in [4.78, 5) is 16.8. The number of hydrogen-bond acceptors (Lipinski definition) is 2. The minimum absolute atomic E-state index is 0.208. The summed E-state index contributed by atoms with van der Waals surface area (Å²) in [5.74, 6) is 0.815. The number of carbonyl (C=O) groups is 1. The van der Waals surface area contributed by atoms with Gasteiger partial charge in [0.2, 0.25) is 0 Å². The monoisotopic (exact) mass is 230 g/mol. The van der Waals surface area contributed by atoms with Crippen LogP contribution in [0.3, 0.4) is 0 Å². The van der Waals surface area contributed by atoms with Crippen LogP contribution in [0.15, 0.2) is 24.3 Å². The zero-order valence-electron chi connectivity index (χ0n) is 10.4. The lowest BCUT2D eigenvalue weighted by atomic mass is 10.0. The van der Waals surface area contributed by atoms with Crippen molar-refractivity contribution in [2.45, 2.75) is 19.4 Å². The lowest BCUT2D eigenvalue weighted by molar-refractivity contribution is 0.0736. The predicted molar refractivity (Wildman–Crippen MR) is 68.3 cm³/mol. The normalized spacial score (nSPS) is 27.8. The molecule has 2 aliphatic heterocycles. The van der Waals surface area contributed by atoms with E-state index in [1.165, 1.54) is 0 Å². The van der Waals surface area contributed by atoms with Crippen molar-refractivity contribution in [2.24, 2.45) is 5.92 Å². The molecule has 2 atom stereocenters. The summed E-state index contributed by atoms with van der Waals surface area (Å²) in [7, 11) is 2.08. The van der Waals surface area contributed by atoms with Gasteiger partial charge >= 0.3 is 0 Å². The highest BCUT2D eigenvalue weighted by atomic mass is 16.2. The second kappa shape index (κ2) is 3.76. The van der Waals surface area contributed by atoms with Gasteiger partial charge in [0, 0.05) is 25.8 Å². The standard InChI is InChI=1S/C14H18N2O/c1-10-7-8-16-13(10)9-15(2)12-6-4-3-5-11(12)14(16)17/h3-6,10,13H,7-9H2,1-2H3. The number of likely N-dealkylation sites (N-methyl/N-ethyl adjacent to an activating group) is 1. The molecule has 17 heavy (non-hydrogen) atoms. The maximum atomic E-state index is 12.5. The topological polar surface area (TPSA) is 23.6 Å². The van der Waals surface area contributed by atoms with Gasteiger partial charge in [-0.05, 0) is 24.5 Å². The molecule has 3 rings (SSSR count). The Hall–Kier alpha value is -1.51. The molecule has 2 heterocycles. The Morgan fingerprint density at radius 1 is 1.29 bits per heavy atom. The van der Waals surface area contributed by atoms with Gasteiger partial charge < -0.3 is 9.80 Å². The number of nitrogens with zero attached hydrogens (tertiary/aromatic N) is 2. The van der Waals surface area contributed by atoms with Crippen LogP contribution in [0.1, 0.15) is 23.7 Å². The molecule has 1 aromatic rings. The Bertz CT molecular complexity index is 457. The highest BCUT2D eigenvalue weighted by Crippen LogP contribution is 2.33. The zero-order chi connectivity index (χ0) is 12.0. The minimum Gasteiger partial charge on any atom is -0.372 e. The fourth-order valence-corrected chi connectivity index (χ4v) is 3.06. The largest absolute Gasteiger partial charge is 0.372 e. The molecule has 2 unspecified atom stereocenters. The molecule has 0 N–H and O–H groups in total. The van der Waals surface area contributed by atoms with Gasteiger partial charge in [0.15, 0.2) is 0 Å². The van der Waals surface area contributed by atoms with Crippen LogP contribution >= 0.6 is 0 Å². The Morgan fingerprint density at radius 2 is 2.06 bits per heavy atom. The molecule has 1 fully saturated rings.